The molecule has 1 heterocycles. The van der Waals surface area contributed by atoms with Gasteiger partial charge in [-0.05, 0) is 13.3 Å². The van der Waals surface area contributed by atoms with Crippen molar-refractivity contribution in [3.05, 3.63) is 16.1 Å². The van der Waals surface area contributed by atoms with E-state index in [-0.39, 0.29) is 18.6 Å². The van der Waals surface area contributed by atoms with Crippen LogP contribution in [0.5, 0.6) is 0 Å². The van der Waals surface area contributed by atoms with Gasteiger partial charge in [-0.2, -0.15) is 0 Å². The predicted octanol–water partition coefficient (Wildman–Crippen LogP) is 0.952. The van der Waals surface area contributed by atoms with E-state index in [0.717, 1.165) is 5.01 Å². The summed E-state index contributed by atoms with van der Waals surface area (Å²) in [5, 5.41) is 14.2. The molecule has 1 amide bonds. The molecule has 0 aliphatic rings. The fourth-order valence-electron chi connectivity index (χ4n) is 1.00. The molecule has 0 radical (unpaired) electrons. The van der Waals surface area contributed by atoms with Crippen LogP contribution in [0.25, 0.3) is 0 Å². The van der Waals surface area contributed by atoms with Crippen LogP contribution < -0.4 is 5.32 Å². The molecule has 1 aromatic rings. The van der Waals surface area contributed by atoms with Crippen LogP contribution in [-0.4, -0.2) is 28.6 Å². The van der Waals surface area contributed by atoms with Crippen molar-refractivity contribution in [1.82, 2.24) is 10.3 Å². The van der Waals surface area contributed by atoms with Crippen molar-refractivity contribution in [1.29, 1.82) is 0 Å². The van der Waals surface area contributed by atoms with Gasteiger partial charge in [-0.25, -0.2) is 4.98 Å². The van der Waals surface area contributed by atoms with Crippen molar-refractivity contribution in [3.8, 4) is 0 Å². The number of aryl methyl sites for hydroxylation is 1. The molecular weight excluding hydrogens is 200 g/mol. The van der Waals surface area contributed by atoms with Gasteiger partial charge in [0.25, 0.3) is 5.91 Å². The Morgan fingerprint density at radius 2 is 2.50 bits per heavy atom. The summed E-state index contributed by atoms with van der Waals surface area (Å²) < 4.78 is 0. The number of hydrogen-bond donors (Lipinski definition) is 2. The molecule has 0 aromatic carbocycles. The summed E-state index contributed by atoms with van der Waals surface area (Å²) in [5.41, 5.74) is 0.430. The smallest absolute Gasteiger partial charge is 0.271 e. The maximum absolute atomic E-state index is 11.5. The normalized spacial score (nSPS) is 12.5. The van der Waals surface area contributed by atoms with Crippen LogP contribution in [0.2, 0.25) is 0 Å². The van der Waals surface area contributed by atoms with E-state index in [4.69, 9.17) is 5.11 Å². The van der Waals surface area contributed by atoms with Crippen LogP contribution in [0.15, 0.2) is 5.38 Å². The summed E-state index contributed by atoms with van der Waals surface area (Å²) in [4.78, 5) is 15.6. The highest BCUT2D eigenvalue weighted by atomic mass is 32.1. The second kappa shape index (κ2) is 5.07. The van der Waals surface area contributed by atoms with Gasteiger partial charge >= 0.3 is 0 Å². The predicted molar refractivity (Wildman–Crippen MR) is 55.5 cm³/mol. The van der Waals surface area contributed by atoms with Crippen molar-refractivity contribution in [2.45, 2.75) is 26.3 Å². The number of hydrogen-bond acceptors (Lipinski definition) is 4. The minimum atomic E-state index is -0.213. The van der Waals surface area contributed by atoms with E-state index >= 15 is 0 Å². The molecule has 2 N–H and O–H groups in total. The zero-order valence-electron chi connectivity index (χ0n) is 8.28. The number of rotatable bonds is 4. The highest BCUT2D eigenvalue weighted by Gasteiger charge is 2.13. The molecule has 1 aromatic heterocycles. The lowest BCUT2D eigenvalue weighted by atomic mass is 10.2. The largest absolute Gasteiger partial charge is 0.394 e. The van der Waals surface area contributed by atoms with Crippen molar-refractivity contribution >= 4 is 17.2 Å². The SMILES string of the molecule is CCC(CO)NC(=O)c1csc(C)n1. The molecule has 14 heavy (non-hydrogen) atoms. The van der Waals surface area contributed by atoms with Gasteiger partial charge in [0.2, 0.25) is 0 Å². The number of carbonyl (C=O) groups is 1. The standard InChI is InChI=1S/C9H14N2O2S/c1-3-7(4-12)11-9(13)8-5-14-6(2)10-8/h5,7,12H,3-4H2,1-2H3,(H,11,13). The van der Waals surface area contributed by atoms with E-state index in [1.54, 1.807) is 5.38 Å². The first kappa shape index (κ1) is 11.1. The number of amides is 1. The number of carbonyl (C=O) groups excluding carboxylic acids is 1. The topological polar surface area (TPSA) is 62.2 Å². The second-order valence-electron chi connectivity index (χ2n) is 3.01. The molecule has 0 saturated heterocycles. The fourth-order valence-corrected chi connectivity index (χ4v) is 1.60. The Bertz CT molecular complexity index is 308. The summed E-state index contributed by atoms with van der Waals surface area (Å²) in [6.45, 7) is 3.73. The van der Waals surface area contributed by atoms with E-state index in [2.05, 4.69) is 10.3 Å². The Kier molecular flexibility index (Phi) is 4.03. The minimum absolute atomic E-state index is 0.0363. The monoisotopic (exact) mass is 214 g/mol. The molecule has 0 aliphatic heterocycles. The van der Waals surface area contributed by atoms with E-state index in [0.29, 0.717) is 12.1 Å². The lowest BCUT2D eigenvalue weighted by Gasteiger charge is -2.12. The minimum Gasteiger partial charge on any atom is -0.394 e. The first-order valence-corrected chi connectivity index (χ1v) is 5.39. The van der Waals surface area contributed by atoms with E-state index in [1.807, 2.05) is 13.8 Å². The Labute approximate surface area is 87.0 Å². The van der Waals surface area contributed by atoms with Gasteiger partial charge in [0.05, 0.1) is 17.7 Å². The molecular formula is C9H14N2O2S. The third-order valence-corrected chi connectivity index (χ3v) is 2.67. The molecule has 0 bridgehead atoms. The molecule has 5 heteroatoms. The van der Waals surface area contributed by atoms with Crippen molar-refractivity contribution in [3.63, 3.8) is 0 Å². The van der Waals surface area contributed by atoms with E-state index in [9.17, 15) is 4.79 Å². The molecule has 1 atom stereocenters. The third kappa shape index (κ3) is 2.78. The lowest BCUT2D eigenvalue weighted by Crippen LogP contribution is -2.37. The highest BCUT2D eigenvalue weighted by molar-refractivity contribution is 7.09. The van der Waals surface area contributed by atoms with Gasteiger partial charge in [-0.3, -0.25) is 4.79 Å². The van der Waals surface area contributed by atoms with Gasteiger partial charge in [-0.1, -0.05) is 6.92 Å². The summed E-state index contributed by atoms with van der Waals surface area (Å²) >= 11 is 1.44. The number of aliphatic hydroxyl groups is 1. The summed E-state index contributed by atoms with van der Waals surface area (Å²) in [6.07, 6.45) is 0.714. The molecule has 0 saturated carbocycles. The average Bonchev–Trinajstić information content (AvgIpc) is 2.61. The molecule has 0 fully saturated rings. The van der Waals surface area contributed by atoms with Crippen LogP contribution in [0.4, 0.5) is 0 Å². The van der Waals surface area contributed by atoms with Crippen LogP contribution in [0.3, 0.4) is 0 Å². The van der Waals surface area contributed by atoms with Gasteiger partial charge in [0, 0.05) is 5.38 Å². The maximum atomic E-state index is 11.5. The molecule has 1 unspecified atom stereocenters. The second-order valence-corrected chi connectivity index (χ2v) is 4.08. The van der Waals surface area contributed by atoms with Gasteiger partial charge in [0.1, 0.15) is 5.69 Å². The number of aliphatic hydroxyl groups excluding tert-OH is 1. The quantitative estimate of drug-likeness (QED) is 0.784. The van der Waals surface area contributed by atoms with Crippen LogP contribution in [-0.2, 0) is 0 Å². The Hall–Kier alpha value is -0.940. The average molecular weight is 214 g/mol. The lowest BCUT2D eigenvalue weighted by molar-refractivity contribution is 0.0910. The van der Waals surface area contributed by atoms with Crippen LogP contribution in [0, 0.1) is 6.92 Å². The number of nitrogens with zero attached hydrogens (tertiary/aromatic N) is 1. The van der Waals surface area contributed by atoms with Crippen LogP contribution >= 0.6 is 11.3 Å². The van der Waals surface area contributed by atoms with Gasteiger partial charge < -0.3 is 10.4 Å². The Morgan fingerprint density at radius 1 is 1.79 bits per heavy atom. The summed E-state index contributed by atoms with van der Waals surface area (Å²) in [5.74, 6) is -0.213. The third-order valence-electron chi connectivity index (χ3n) is 1.90. The zero-order valence-corrected chi connectivity index (χ0v) is 9.10. The van der Waals surface area contributed by atoms with E-state index < -0.39 is 0 Å². The highest BCUT2D eigenvalue weighted by Crippen LogP contribution is 2.07. The zero-order chi connectivity index (χ0) is 10.6. The number of aromatic nitrogens is 1. The fraction of sp³-hybridized carbons (Fsp3) is 0.556. The van der Waals surface area contributed by atoms with Gasteiger partial charge in [-0.15, -0.1) is 11.3 Å². The first-order valence-electron chi connectivity index (χ1n) is 4.51. The van der Waals surface area contributed by atoms with Crippen molar-refractivity contribution in [2.75, 3.05) is 6.61 Å². The Balaban J connectivity index is 2.58. The molecule has 78 valence electrons. The number of thiazole rings is 1. The van der Waals surface area contributed by atoms with E-state index in [1.165, 1.54) is 11.3 Å². The number of nitrogens with one attached hydrogen (secondary N) is 1. The van der Waals surface area contributed by atoms with Gasteiger partial charge in [0.15, 0.2) is 0 Å². The Morgan fingerprint density at radius 3 is 2.93 bits per heavy atom. The molecule has 0 spiro atoms. The first-order chi connectivity index (χ1) is 6.67. The van der Waals surface area contributed by atoms with Crippen molar-refractivity contribution in [2.24, 2.45) is 0 Å². The van der Waals surface area contributed by atoms with Crippen molar-refractivity contribution < 1.29 is 9.90 Å². The maximum Gasteiger partial charge on any atom is 0.271 e. The van der Waals surface area contributed by atoms with Crippen LogP contribution in [0.1, 0.15) is 28.8 Å². The molecule has 4 nitrogen and oxygen atoms in total. The molecule has 0 aliphatic carbocycles. The summed E-state index contributed by atoms with van der Waals surface area (Å²) in [7, 11) is 0. The molecule has 1 rings (SSSR count). The summed E-state index contributed by atoms with van der Waals surface area (Å²) in [6, 6.07) is -0.176.